The van der Waals surface area contributed by atoms with E-state index in [-0.39, 0.29) is 16.2 Å². The van der Waals surface area contributed by atoms with E-state index in [1.165, 1.54) is 86.3 Å². The van der Waals surface area contributed by atoms with Crippen molar-refractivity contribution in [1.29, 1.82) is 0 Å². The Hall–Kier alpha value is -2.11. The molecule has 0 saturated carbocycles. The average molecular weight is 692 g/mol. The molecule has 0 amide bonds. The number of benzene rings is 3. The first-order valence-electron chi connectivity index (χ1n) is 17.3. The van der Waals surface area contributed by atoms with Crippen molar-refractivity contribution in [2.24, 2.45) is 11.3 Å². The van der Waals surface area contributed by atoms with Crippen molar-refractivity contribution in [3.05, 3.63) is 117 Å². The van der Waals surface area contributed by atoms with E-state index in [4.69, 9.17) is 0 Å². The molecule has 0 aromatic heterocycles. The van der Waals surface area contributed by atoms with Gasteiger partial charge in [0.15, 0.2) is 0 Å². The second-order valence-corrected chi connectivity index (χ2v) is 17.9. The van der Waals surface area contributed by atoms with Crippen LogP contribution in [0, 0.1) is 23.5 Å². The van der Waals surface area contributed by atoms with Gasteiger partial charge < -0.3 is 0 Å². The van der Waals surface area contributed by atoms with Gasteiger partial charge in [0.2, 0.25) is 0 Å². The Morgan fingerprint density at radius 1 is 0.696 bits per heavy atom. The Bertz CT molecular complexity index is 1490. The molecule has 244 valence electrons. The van der Waals surface area contributed by atoms with Gasteiger partial charge in [-0.05, 0) is 17.4 Å². The van der Waals surface area contributed by atoms with E-state index in [0.29, 0.717) is 11.3 Å². The van der Waals surface area contributed by atoms with Crippen molar-refractivity contribution in [2.45, 2.75) is 132 Å². The monoisotopic (exact) mass is 690 g/mol. The molecule has 0 N–H and O–H groups in total. The van der Waals surface area contributed by atoms with Gasteiger partial charge in [0.05, 0.1) is 0 Å². The minimum Gasteiger partial charge on any atom is -0.266 e. The molecule has 0 aliphatic heterocycles. The predicted molar refractivity (Wildman–Crippen MR) is 200 cm³/mol. The molecular weight excluding hydrogens is 632 g/mol. The van der Waals surface area contributed by atoms with Crippen LogP contribution in [-0.4, -0.2) is 3.71 Å². The molecule has 2 aliphatic carbocycles. The van der Waals surface area contributed by atoms with E-state index in [9.17, 15) is 0 Å². The largest absolute Gasteiger partial charge is 0.266 e. The quantitative estimate of drug-likeness (QED) is 0.188. The van der Waals surface area contributed by atoms with Crippen molar-refractivity contribution in [1.82, 2.24) is 0 Å². The van der Waals surface area contributed by atoms with Gasteiger partial charge in [0.1, 0.15) is 0 Å². The molecular formula is C45H60Zr. The maximum Gasteiger partial charge on any atom is -0.0640 e. The molecule has 0 fully saturated rings. The number of rotatable bonds is 3. The Kier molecular flexibility index (Phi) is 12.5. The van der Waals surface area contributed by atoms with Gasteiger partial charge in [-0.25, -0.2) is 5.57 Å². The van der Waals surface area contributed by atoms with E-state index < -0.39 is 0 Å². The zero-order chi connectivity index (χ0) is 34.7. The fourth-order valence-electron chi connectivity index (χ4n) is 5.92. The third kappa shape index (κ3) is 9.95. The number of hydrogen-bond donors (Lipinski definition) is 0. The summed E-state index contributed by atoms with van der Waals surface area (Å²) in [5, 5.41) is 0. The van der Waals surface area contributed by atoms with Gasteiger partial charge in [-0.1, -0.05) is 135 Å². The molecule has 1 atom stereocenters. The molecule has 3 aromatic rings. The Morgan fingerprint density at radius 3 is 1.70 bits per heavy atom. The van der Waals surface area contributed by atoms with E-state index in [2.05, 4.69) is 173 Å². The van der Waals surface area contributed by atoms with Gasteiger partial charge in [-0.2, -0.15) is 41.0 Å². The van der Waals surface area contributed by atoms with Crippen LogP contribution in [0.5, 0.6) is 0 Å². The second kappa shape index (κ2) is 15.0. The van der Waals surface area contributed by atoms with Crippen molar-refractivity contribution < 1.29 is 24.2 Å². The molecule has 1 heteroatoms. The summed E-state index contributed by atoms with van der Waals surface area (Å²) in [6, 6.07) is 23.9. The Labute approximate surface area is 298 Å². The van der Waals surface area contributed by atoms with Crippen LogP contribution in [0.15, 0.2) is 71.8 Å². The van der Waals surface area contributed by atoms with E-state index in [1.54, 1.807) is 0 Å². The summed E-state index contributed by atoms with van der Waals surface area (Å²) >= 11 is 1.46. The fraction of sp³-hybridized carbons (Fsp3) is 0.489. The van der Waals surface area contributed by atoms with Gasteiger partial charge >= 0.3 is 89.5 Å². The summed E-state index contributed by atoms with van der Waals surface area (Å²) < 4.78 is 2.21. The fourth-order valence-corrected chi connectivity index (χ4v) is 6.40. The first-order valence-corrected chi connectivity index (χ1v) is 18.8. The smallest absolute Gasteiger partial charge is 0.0640 e. The van der Waals surface area contributed by atoms with Crippen LogP contribution in [0.4, 0.5) is 0 Å². The summed E-state index contributed by atoms with van der Waals surface area (Å²) in [6.45, 7) is 31.7. The number of allylic oxidation sites excluding steroid dienone is 4. The Morgan fingerprint density at radius 2 is 1.24 bits per heavy atom. The first-order chi connectivity index (χ1) is 21.2. The van der Waals surface area contributed by atoms with Crippen LogP contribution in [0.1, 0.15) is 143 Å². The van der Waals surface area contributed by atoms with E-state index in [1.807, 2.05) is 0 Å². The van der Waals surface area contributed by atoms with E-state index in [0.717, 1.165) is 12.8 Å². The van der Waals surface area contributed by atoms with Crippen LogP contribution in [0.3, 0.4) is 0 Å². The number of fused-ring (bicyclic) bond motifs is 3. The summed E-state index contributed by atoms with van der Waals surface area (Å²) in [5.74, 6) is 0.573. The summed E-state index contributed by atoms with van der Waals surface area (Å²) in [5.41, 5.74) is 15.0. The third-order valence-corrected chi connectivity index (χ3v) is 9.94. The molecule has 46 heavy (non-hydrogen) atoms. The standard InChI is InChI=1S/C21H25.C13H21.C11H14.Zr/c1-20(2,3)16-9-7-14-11-15-8-10-17(21(4,5)6)13-19(15)18(14)12-16;1-6-10-8-11(7-2)12(9-10)13(3,4)5;1-9-5-7-10(8-6-9)11(2,3)4;/h7,9-10,12-13H,11H2,1-6H3;9-10H,6-7H2,1-5H3;1,5-8H,2-4H3;/q2*-1;;+2. The zero-order valence-corrected chi connectivity index (χ0v) is 34.0. The molecule has 2 aliphatic rings. The van der Waals surface area contributed by atoms with Crippen molar-refractivity contribution in [3.8, 4) is 11.1 Å². The second-order valence-electron chi connectivity index (χ2n) is 17.2. The maximum absolute atomic E-state index is 3.57. The molecule has 0 bridgehead atoms. The third-order valence-electron chi connectivity index (χ3n) is 9.12. The summed E-state index contributed by atoms with van der Waals surface area (Å²) in [7, 11) is 0. The zero-order valence-electron chi connectivity index (χ0n) is 31.5. The Balaban J connectivity index is 0.000000200. The minimum absolute atomic E-state index is 0.177. The SMILES string of the molecule is CC(C)(C)c1c[c-]c2c(c1)-c1cc(C(C)(C)C)ccc1C2.CC(C)(C)c1ccc([CH]=[Zr+2])cc1.CCC1=[C-]C(CC)C=C1C(C)(C)C. The molecule has 0 heterocycles. The van der Waals surface area contributed by atoms with Crippen molar-refractivity contribution >= 4 is 3.71 Å². The maximum atomic E-state index is 3.57. The molecule has 3 aromatic carbocycles. The van der Waals surface area contributed by atoms with Gasteiger partial charge in [0.25, 0.3) is 0 Å². The molecule has 0 radical (unpaired) electrons. The number of hydrogen-bond acceptors (Lipinski definition) is 0. The molecule has 5 rings (SSSR count). The van der Waals surface area contributed by atoms with Crippen LogP contribution in [0.25, 0.3) is 11.1 Å². The minimum atomic E-state index is 0.177. The normalized spacial score (nSPS) is 15.9. The molecule has 0 saturated heterocycles. The predicted octanol–water partition coefficient (Wildman–Crippen LogP) is 12.5. The van der Waals surface area contributed by atoms with Gasteiger partial charge in [-0.15, -0.1) is 5.56 Å². The summed E-state index contributed by atoms with van der Waals surface area (Å²) in [4.78, 5) is 0. The first kappa shape index (κ1) is 38.3. The van der Waals surface area contributed by atoms with Crippen LogP contribution in [0.2, 0.25) is 0 Å². The van der Waals surface area contributed by atoms with Gasteiger partial charge in [0, 0.05) is 0 Å². The van der Waals surface area contributed by atoms with Crippen LogP contribution in [-0.2, 0) is 46.9 Å². The topological polar surface area (TPSA) is 0 Å². The van der Waals surface area contributed by atoms with Crippen LogP contribution < -0.4 is 0 Å². The van der Waals surface area contributed by atoms with Crippen molar-refractivity contribution in [2.75, 3.05) is 0 Å². The molecule has 1 unspecified atom stereocenters. The van der Waals surface area contributed by atoms with E-state index >= 15 is 0 Å². The van der Waals surface area contributed by atoms with Crippen molar-refractivity contribution in [3.63, 3.8) is 0 Å². The summed E-state index contributed by atoms with van der Waals surface area (Å²) in [6.07, 6.45) is 9.31. The van der Waals surface area contributed by atoms with Gasteiger partial charge in [-0.3, -0.25) is 6.08 Å². The van der Waals surface area contributed by atoms with Crippen LogP contribution >= 0.6 is 0 Å². The molecule has 0 nitrogen and oxygen atoms in total. The average Bonchev–Trinajstić information content (AvgIpc) is 3.57. The molecule has 0 spiro atoms.